The Hall–Kier alpha value is -2.89. The van der Waals surface area contributed by atoms with Gasteiger partial charge in [0.1, 0.15) is 5.82 Å². The van der Waals surface area contributed by atoms with Gasteiger partial charge in [0.05, 0.1) is 13.7 Å². The van der Waals surface area contributed by atoms with Crippen molar-refractivity contribution < 1.29 is 9.13 Å². The van der Waals surface area contributed by atoms with E-state index >= 15 is 0 Å². The van der Waals surface area contributed by atoms with Crippen molar-refractivity contribution in [2.75, 3.05) is 7.11 Å². The van der Waals surface area contributed by atoms with Gasteiger partial charge in [-0.2, -0.15) is 0 Å². The molecule has 0 N–H and O–H groups in total. The molecule has 0 aliphatic carbocycles. The van der Waals surface area contributed by atoms with Gasteiger partial charge in [-0.25, -0.2) is 18.4 Å². The van der Waals surface area contributed by atoms with E-state index in [4.69, 9.17) is 4.74 Å². The smallest absolute Gasteiger partial charge is 0.348 e. The first-order valence-electron chi connectivity index (χ1n) is 7.53. The first-order chi connectivity index (χ1) is 11.5. The van der Waals surface area contributed by atoms with Crippen LogP contribution in [0.25, 0.3) is 11.1 Å². The maximum Gasteiger partial charge on any atom is 0.348 e. The van der Waals surface area contributed by atoms with Gasteiger partial charge in [-0.1, -0.05) is 30.3 Å². The fourth-order valence-corrected chi connectivity index (χ4v) is 2.64. The number of halogens is 1. The molecule has 0 saturated heterocycles. The number of hydrogen-bond donors (Lipinski definition) is 0. The third kappa shape index (κ3) is 2.82. The van der Waals surface area contributed by atoms with E-state index in [9.17, 15) is 9.18 Å². The largest absolute Gasteiger partial charge is 0.467 e. The second kappa shape index (κ2) is 6.31. The molecule has 0 amide bonds. The van der Waals surface area contributed by atoms with E-state index in [1.54, 1.807) is 25.2 Å². The number of aromatic nitrogens is 3. The summed E-state index contributed by atoms with van der Waals surface area (Å²) in [7, 11) is 3.05. The van der Waals surface area contributed by atoms with Gasteiger partial charge in [-0.05, 0) is 35.7 Å². The van der Waals surface area contributed by atoms with Gasteiger partial charge in [-0.3, -0.25) is 0 Å². The second-order valence-corrected chi connectivity index (χ2v) is 5.60. The van der Waals surface area contributed by atoms with Crippen molar-refractivity contribution in [3.63, 3.8) is 0 Å². The maximum atomic E-state index is 14.0. The van der Waals surface area contributed by atoms with Gasteiger partial charge in [-0.15, -0.1) is 5.10 Å². The van der Waals surface area contributed by atoms with Crippen LogP contribution in [-0.2, 0) is 13.6 Å². The molecule has 0 aliphatic rings. The van der Waals surface area contributed by atoms with Crippen LogP contribution in [0.3, 0.4) is 0 Å². The number of ether oxygens (including phenoxy) is 1. The highest BCUT2D eigenvalue weighted by Crippen LogP contribution is 2.25. The summed E-state index contributed by atoms with van der Waals surface area (Å²) in [5.74, 6) is -0.275. The molecule has 0 aliphatic heterocycles. The molecule has 24 heavy (non-hydrogen) atoms. The normalized spacial score (nSPS) is 10.8. The van der Waals surface area contributed by atoms with E-state index in [-0.39, 0.29) is 17.5 Å². The highest BCUT2D eigenvalue weighted by atomic mass is 19.1. The van der Waals surface area contributed by atoms with Crippen molar-refractivity contribution in [1.29, 1.82) is 0 Å². The van der Waals surface area contributed by atoms with Crippen LogP contribution in [0.2, 0.25) is 0 Å². The van der Waals surface area contributed by atoms with Gasteiger partial charge >= 0.3 is 11.7 Å². The van der Waals surface area contributed by atoms with Gasteiger partial charge in [0.25, 0.3) is 0 Å². The Morgan fingerprint density at radius 2 is 1.96 bits per heavy atom. The molecule has 6 heteroatoms. The molecule has 1 aromatic heterocycles. The minimum absolute atomic E-state index is 0.248. The average Bonchev–Trinajstić information content (AvgIpc) is 2.85. The third-order valence-electron chi connectivity index (χ3n) is 4.02. The number of benzene rings is 2. The first-order valence-corrected chi connectivity index (χ1v) is 7.53. The Balaban J connectivity index is 2.05. The Morgan fingerprint density at radius 3 is 2.67 bits per heavy atom. The molecule has 0 spiro atoms. The summed E-state index contributed by atoms with van der Waals surface area (Å²) in [5.41, 5.74) is 2.95. The molecule has 0 radical (unpaired) electrons. The van der Waals surface area contributed by atoms with Crippen LogP contribution in [0.15, 0.2) is 47.3 Å². The monoisotopic (exact) mass is 327 g/mol. The summed E-state index contributed by atoms with van der Waals surface area (Å²) in [6.07, 6.45) is 0. The lowest BCUT2D eigenvalue weighted by Gasteiger charge is -2.11. The fourth-order valence-electron chi connectivity index (χ4n) is 2.64. The standard InChI is InChI=1S/C18H18FN3O2/c1-12-8-9-13(15-6-4-5-7-16(15)19)10-14(12)11-22-17(24-3)20-21(2)18(22)23/h4-10H,11H2,1-3H3. The molecule has 0 unspecified atom stereocenters. The van der Waals surface area contributed by atoms with Crippen LogP contribution in [0.1, 0.15) is 11.1 Å². The van der Waals surface area contributed by atoms with Crippen LogP contribution in [0.5, 0.6) is 6.01 Å². The fraction of sp³-hybridized carbons (Fsp3) is 0.222. The van der Waals surface area contributed by atoms with Crippen molar-refractivity contribution >= 4 is 0 Å². The van der Waals surface area contributed by atoms with Gasteiger partial charge in [0.15, 0.2) is 0 Å². The summed E-state index contributed by atoms with van der Waals surface area (Å²) in [6, 6.07) is 12.6. The topological polar surface area (TPSA) is 49.1 Å². The Morgan fingerprint density at radius 1 is 1.21 bits per heavy atom. The lowest BCUT2D eigenvalue weighted by Crippen LogP contribution is -2.23. The summed E-state index contributed by atoms with van der Waals surface area (Å²) < 4.78 is 21.9. The van der Waals surface area contributed by atoms with E-state index in [0.717, 1.165) is 16.7 Å². The van der Waals surface area contributed by atoms with E-state index < -0.39 is 0 Å². The van der Waals surface area contributed by atoms with Gasteiger partial charge in [0, 0.05) is 12.6 Å². The molecule has 0 saturated carbocycles. The van der Waals surface area contributed by atoms with Crippen molar-refractivity contribution in [2.45, 2.75) is 13.5 Å². The first kappa shape index (κ1) is 16.0. The summed E-state index contributed by atoms with van der Waals surface area (Å²) in [4.78, 5) is 12.2. The lowest BCUT2D eigenvalue weighted by molar-refractivity contribution is 0.357. The van der Waals surface area contributed by atoms with Gasteiger partial charge < -0.3 is 4.74 Å². The zero-order valence-corrected chi connectivity index (χ0v) is 13.8. The quantitative estimate of drug-likeness (QED) is 0.740. The van der Waals surface area contributed by atoms with E-state index in [2.05, 4.69) is 5.10 Å². The number of rotatable bonds is 4. The Kier molecular flexibility index (Phi) is 4.20. The zero-order valence-electron chi connectivity index (χ0n) is 13.8. The number of aryl methyl sites for hydroxylation is 2. The molecule has 0 fully saturated rings. The predicted octanol–water partition coefficient (Wildman–Crippen LogP) is 2.75. The van der Waals surface area contributed by atoms with Crippen LogP contribution in [0.4, 0.5) is 4.39 Å². The molecule has 0 atom stereocenters. The van der Waals surface area contributed by atoms with Crippen molar-refractivity contribution in [1.82, 2.24) is 14.3 Å². The molecule has 1 heterocycles. The minimum atomic E-state index is -0.275. The Bertz CT molecular complexity index is 944. The Labute approximate surface area is 138 Å². The second-order valence-electron chi connectivity index (χ2n) is 5.60. The van der Waals surface area contributed by atoms with Gasteiger partial charge in [0.2, 0.25) is 0 Å². The maximum absolute atomic E-state index is 14.0. The van der Waals surface area contributed by atoms with Crippen molar-refractivity contribution in [3.8, 4) is 17.1 Å². The number of methoxy groups -OCH3 is 1. The number of nitrogens with zero attached hydrogens (tertiary/aromatic N) is 3. The van der Waals surface area contributed by atoms with Crippen LogP contribution in [0, 0.1) is 12.7 Å². The highest BCUT2D eigenvalue weighted by Gasteiger charge is 2.14. The van der Waals surface area contributed by atoms with E-state index in [1.165, 1.54) is 22.4 Å². The minimum Gasteiger partial charge on any atom is -0.467 e. The summed E-state index contributed by atoms with van der Waals surface area (Å²) in [5, 5.41) is 4.03. The third-order valence-corrected chi connectivity index (χ3v) is 4.02. The highest BCUT2D eigenvalue weighted by molar-refractivity contribution is 5.65. The van der Waals surface area contributed by atoms with E-state index in [0.29, 0.717) is 12.1 Å². The summed E-state index contributed by atoms with van der Waals surface area (Å²) >= 11 is 0. The van der Waals surface area contributed by atoms with Crippen LogP contribution in [-0.4, -0.2) is 21.5 Å². The molecule has 2 aromatic carbocycles. The number of hydrogen-bond acceptors (Lipinski definition) is 3. The SMILES string of the molecule is COc1nn(C)c(=O)n1Cc1cc(-c2ccccc2F)ccc1C. The lowest BCUT2D eigenvalue weighted by atomic mass is 9.99. The van der Waals surface area contributed by atoms with Crippen LogP contribution >= 0.6 is 0 Å². The summed E-state index contributed by atoms with van der Waals surface area (Å²) in [6.45, 7) is 2.26. The molecule has 0 bridgehead atoms. The molecular formula is C18H18FN3O2. The molecule has 3 rings (SSSR count). The average molecular weight is 327 g/mol. The van der Waals surface area contributed by atoms with Crippen molar-refractivity contribution in [2.24, 2.45) is 7.05 Å². The van der Waals surface area contributed by atoms with Crippen molar-refractivity contribution in [3.05, 3.63) is 69.9 Å². The molecular weight excluding hydrogens is 309 g/mol. The zero-order chi connectivity index (χ0) is 17.3. The molecule has 3 aromatic rings. The molecule has 5 nitrogen and oxygen atoms in total. The van der Waals surface area contributed by atoms with E-state index in [1.807, 2.05) is 25.1 Å². The predicted molar refractivity (Wildman–Crippen MR) is 89.7 cm³/mol. The molecule has 124 valence electrons. The van der Waals surface area contributed by atoms with Crippen LogP contribution < -0.4 is 10.4 Å².